The molecular formula is C24H28F2O2. The first kappa shape index (κ1) is 18.4. The van der Waals surface area contributed by atoms with Gasteiger partial charge in [0.2, 0.25) is 0 Å². The molecule has 1 aromatic carbocycles. The number of fused-ring (bicyclic) bond motifs is 4. The van der Waals surface area contributed by atoms with Crippen molar-refractivity contribution in [2.45, 2.75) is 71.0 Å². The summed E-state index contributed by atoms with van der Waals surface area (Å²) in [5.74, 6) is 1.17. The summed E-state index contributed by atoms with van der Waals surface area (Å²) >= 11 is 0. The van der Waals surface area contributed by atoms with E-state index in [1.165, 1.54) is 22.3 Å². The Bertz CT molecular complexity index is 846. The molecule has 1 heterocycles. The van der Waals surface area contributed by atoms with Crippen molar-refractivity contribution >= 4 is 5.57 Å². The van der Waals surface area contributed by atoms with Crippen molar-refractivity contribution in [3.8, 4) is 5.75 Å². The van der Waals surface area contributed by atoms with Crippen LogP contribution in [0.2, 0.25) is 0 Å². The minimum Gasteiger partial charge on any atom is -0.465 e. The van der Waals surface area contributed by atoms with E-state index in [1.807, 2.05) is 0 Å². The van der Waals surface area contributed by atoms with Crippen molar-refractivity contribution < 1.29 is 18.3 Å². The normalized spacial score (nSPS) is 31.9. The van der Waals surface area contributed by atoms with Gasteiger partial charge in [-0.2, -0.15) is 8.78 Å². The molecule has 150 valence electrons. The van der Waals surface area contributed by atoms with Gasteiger partial charge in [-0.1, -0.05) is 18.6 Å². The average Bonchev–Trinajstić information content (AvgIpc) is 3.06. The number of aryl methyl sites for hydroxylation is 1. The summed E-state index contributed by atoms with van der Waals surface area (Å²) in [5.41, 5.74) is 5.60. The highest BCUT2D eigenvalue weighted by atomic mass is 19.3. The molecule has 1 saturated heterocycles. The summed E-state index contributed by atoms with van der Waals surface area (Å²) in [6.45, 7) is 2.85. The van der Waals surface area contributed by atoms with Crippen LogP contribution in [0.1, 0.15) is 69.4 Å². The minimum absolute atomic E-state index is 0.125. The zero-order chi connectivity index (χ0) is 19.3. The second-order valence-electron chi connectivity index (χ2n) is 8.98. The first-order chi connectivity index (χ1) is 13.6. The fourth-order valence-electron chi connectivity index (χ4n) is 6.06. The molecule has 1 aromatic rings. The van der Waals surface area contributed by atoms with E-state index in [1.54, 1.807) is 0 Å². The zero-order valence-electron chi connectivity index (χ0n) is 16.5. The fourth-order valence-corrected chi connectivity index (χ4v) is 6.06. The number of benzene rings is 1. The lowest BCUT2D eigenvalue weighted by Crippen LogP contribution is -2.31. The summed E-state index contributed by atoms with van der Waals surface area (Å²) in [6.07, 6.45) is 6.79. The molecule has 0 N–H and O–H groups in total. The van der Waals surface area contributed by atoms with Gasteiger partial charge in [0.25, 0.3) is 6.08 Å². The minimum atomic E-state index is -1.43. The predicted molar refractivity (Wildman–Crippen MR) is 105 cm³/mol. The smallest absolute Gasteiger partial charge is 0.270 e. The second kappa shape index (κ2) is 6.98. The summed E-state index contributed by atoms with van der Waals surface area (Å²) in [5, 5.41) is 0. The lowest BCUT2D eigenvalue weighted by atomic mass is 9.62. The maximum absolute atomic E-state index is 13.5. The van der Waals surface area contributed by atoms with Crippen molar-refractivity contribution in [1.82, 2.24) is 0 Å². The van der Waals surface area contributed by atoms with Gasteiger partial charge in [-0.3, -0.25) is 0 Å². The van der Waals surface area contributed by atoms with Gasteiger partial charge in [-0.05, 0) is 86.1 Å². The summed E-state index contributed by atoms with van der Waals surface area (Å²) in [6, 6.07) is 6.42. The zero-order valence-corrected chi connectivity index (χ0v) is 16.5. The molecule has 2 nitrogen and oxygen atoms in total. The highest BCUT2D eigenvalue weighted by Crippen LogP contribution is 2.61. The molecular weight excluding hydrogens is 358 g/mol. The van der Waals surface area contributed by atoms with Crippen molar-refractivity contribution in [2.24, 2.45) is 11.3 Å². The van der Waals surface area contributed by atoms with Crippen molar-refractivity contribution in [3.05, 3.63) is 46.6 Å². The van der Waals surface area contributed by atoms with E-state index in [-0.39, 0.29) is 17.6 Å². The van der Waals surface area contributed by atoms with E-state index >= 15 is 0 Å². The van der Waals surface area contributed by atoms with Crippen molar-refractivity contribution in [1.29, 1.82) is 0 Å². The Morgan fingerprint density at radius 2 is 2.00 bits per heavy atom. The Labute approximate surface area is 165 Å². The topological polar surface area (TPSA) is 18.5 Å². The van der Waals surface area contributed by atoms with E-state index < -0.39 is 6.08 Å². The Morgan fingerprint density at radius 1 is 1.11 bits per heavy atom. The lowest BCUT2D eigenvalue weighted by Gasteiger charge is -2.42. The molecule has 0 aromatic heterocycles. The van der Waals surface area contributed by atoms with Gasteiger partial charge in [0.1, 0.15) is 5.75 Å². The SMILES string of the molecule is C[C@]12CCC3=C(CCc4cc(OC5CCCCO5)ccc43)[C@@H]1CCC2=C(F)F. The van der Waals surface area contributed by atoms with Gasteiger partial charge in [0, 0.05) is 17.4 Å². The number of allylic oxidation sites excluding steroid dienone is 3. The Kier molecular flexibility index (Phi) is 4.58. The number of hydrogen-bond donors (Lipinski definition) is 0. The maximum atomic E-state index is 13.5. The molecule has 4 aliphatic rings. The molecule has 1 aliphatic heterocycles. The number of hydrogen-bond acceptors (Lipinski definition) is 2. The molecule has 5 rings (SSSR count). The van der Waals surface area contributed by atoms with E-state index in [2.05, 4.69) is 25.1 Å². The molecule has 0 spiro atoms. The highest BCUT2D eigenvalue weighted by Gasteiger charge is 2.49. The molecule has 3 aliphatic carbocycles. The maximum Gasteiger partial charge on any atom is 0.270 e. The average molecular weight is 386 g/mol. The second-order valence-corrected chi connectivity index (χ2v) is 8.98. The number of ether oxygens (including phenoxy) is 2. The molecule has 0 radical (unpaired) electrons. The monoisotopic (exact) mass is 386 g/mol. The van der Waals surface area contributed by atoms with Crippen LogP contribution >= 0.6 is 0 Å². The highest BCUT2D eigenvalue weighted by molar-refractivity contribution is 5.75. The molecule has 2 fully saturated rings. The van der Waals surface area contributed by atoms with Crippen LogP contribution in [-0.4, -0.2) is 12.9 Å². The summed E-state index contributed by atoms with van der Waals surface area (Å²) in [7, 11) is 0. The van der Waals surface area contributed by atoms with Crippen LogP contribution in [0, 0.1) is 11.3 Å². The van der Waals surface area contributed by atoms with Gasteiger partial charge in [0.15, 0.2) is 6.29 Å². The molecule has 3 atom stereocenters. The molecule has 1 unspecified atom stereocenters. The van der Waals surface area contributed by atoms with Crippen LogP contribution < -0.4 is 4.74 Å². The van der Waals surface area contributed by atoms with Crippen molar-refractivity contribution in [3.63, 3.8) is 0 Å². The quantitative estimate of drug-likeness (QED) is 0.566. The van der Waals surface area contributed by atoms with Gasteiger partial charge in [-0.25, -0.2) is 0 Å². The predicted octanol–water partition coefficient (Wildman–Crippen LogP) is 6.65. The molecule has 28 heavy (non-hydrogen) atoms. The third kappa shape index (κ3) is 2.92. The number of halogens is 2. The molecule has 1 saturated carbocycles. The van der Waals surface area contributed by atoms with Gasteiger partial charge >= 0.3 is 0 Å². The third-order valence-electron chi connectivity index (χ3n) is 7.54. The standard InChI is InChI=1S/C24H28F2O2/c1-24-12-11-18-17-8-6-16(28-22-4-2-3-13-27-22)14-15(17)5-7-19(18)20(24)9-10-21(24)23(25)26/h6,8,14,20,22H,2-5,7,9-13H2,1H3/t20-,22?,24-/m0/s1. The van der Waals surface area contributed by atoms with Crippen LogP contribution in [0.25, 0.3) is 5.57 Å². The molecule has 0 bridgehead atoms. The Morgan fingerprint density at radius 3 is 2.79 bits per heavy atom. The van der Waals surface area contributed by atoms with E-state index in [9.17, 15) is 8.78 Å². The van der Waals surface area contributed by atoms with E-state index in [4.69, 9.17) is 9.47 Å². The first-order valence-corrected chi connectivity index (χ1v) is 10.7. The fraction of sp³-hybridized carbons (Fsp3) is 0.583. The van der Waals surface area contributed by atoms with Crippen LogP contribution in [-0.2, 0) is 11.2 Å². The largest absolute Gasteiger partial charge is 0.465 e. The Hall–Kier alpha value is -1.68. The lowest BCUT2D eigenvalue weighted by molar-refractivity contribution is -0.105. The van der Waals surface area contributed by atoms with Crippen LogP contribution in [0.15, 0.2) is 35.4 Å². The summed E-state index contributed by atoms with van der Waals surface area (Å²) in [4.78, 5) is 0. The Balaban J connectivity index is 1.43. The van der Waals surface area contributed by atoms with Crippen LogP contribution in [0.5, 0.6) is 5.75 Å². The van der Waals surface area contributed by atoms with Crippen molar-refractivity contribution in [2.75, 3.05) is 6.61 Å². The molecule has 0 amide bonds. The van der Waals surface area contributed by atoms with Crippen LogP contribution in [0.3, 0.4) is 0 Å². The third-order valence-corrected chi connectivity index (χ3v) is 7.54. The van der Waals surface area contributed by atoms with Gasteiger partial charge in [0.05, 0.1) is 6.61 Å². The van der Waals surface area contributed by atoms with E-state index in [0.717, 1.165) is 63.7 Å². The number of rotatable bonds is 2. The van der Waals surface area contributed by atoms with Crippen LogP contribution in [0.4, 0.5) is 8.78 Å². The van der Waals surface area contributed by atoms with E-state index in [0.29, 0.717) is 12.0 Å². The molecule has 4 heteroatoms. The first-order valence-electron chi connectivity index (χ1n) is 10.7. The summed E-state index contributed by atoms with van der Waals surface area (Å²) < 4.78 is 38.7. The van der Waals surface area contributed by atoms with Gasteiger partial charge < -0.3 is 9.47 Å². The van der Waals surface area contributed by atoms with Gasteiger partial charge in [-0.15, -0.1) is 0 Å².